The molecule has 1 nitrogen and oxygen atoms in total. The van der Waals surface area contributed by atoms with Crippen molar-refractivity contribution in [1.82, 2.24) is 0 Å². The molecule has 8 rings (SSSR count). The predicted molar refractivity (Wildman–Crippen MR) is 193 cm³/mol. The molecule has 2 aliphatic carbocycles. The molecule has 6 aromatic rings. The van der Waals surface area contributed by atoms with Crippen LogP contribution in [0, 0.1) is 0 Å². The fourth-order valence-electron chi connectivity index (χ4n) is 8.30. The zero-order chi connectivity index (χ0) is 31.1. The quantitative estimate of drug-likeness (QED) is 0.221. The summed E-state index contributed by atoms with van der Waals surface area (Å²) in [4.78, 5) is 0. The third kappa shape index (κ3) is 3.74. The first kappa shape index (κ1) is 27.4. The van der Waals surface area contributed by atoms with Gasteiger partial charge in [-0.1, -0.05) is 137 Å². The second-order valence-electron chi connectivity index (χ2n) is 13.5. The lowest BCUT2D eigenvalue weighted by molar-refractivity contribution is 0.660. The normalized spacial score (nSPS) is 15.1. The smallest absolute Gasteiger partial charge is 0.0159 e. The topological polar surface area (TPSA) is 26.0 Å². The minimum atomic E-state index is -0.0857. The molecular formula is C44H37N. The van der Waals surface area contributed by atoms with Gasteiger partial charge in [0.2, 0.25) is 0 Å². The van der Waals surface area contributed by atoms with Crippen LogP contribution in [-0.2, 0) is 10.8 Å². The van der Waals surface area contributed by atoms with Crippen molar-refractivity contribution >= 4 is 22.9 Å². The van der Waals surface area contributed by atoms with E-state index in [1.165, 1.54) is 77.5 Å². The second kappa shape index (κ2) is 9.68. The van der Waals surface area contributed by atoms with E-state index in [1.54, 1.807) is 6.20 Å². The van der Waals surface area contributed by atoms with Crippen LogP contribution in [0.3, 0.4) is 0 Å². The van der Waals surface area contributed by atoms with Crippen molar-refractivity contribution in [2.45, 2.75) is 38.5 Å². The molecule has 0 saturated heterocycles. The molecule has 0 spiro atoms. The van der Waals surface area contributed by atoms with Gasteiger partial charge in [0, 0.05) is 10.8 Å². The first-order valence-corrected chi connectivity index (χ1v) is 15.9. The molecular weight excluding hydrogens is 542 g/mol. The number of fused-ring (bicyclic) bond motifs is 7. The maximum Gasteiger partial charge on any atom is 0.0159 e. The molecule has 0 amide bonds. The Hall–Kier alpha value is -5.14. The van der Waals surface area contributed by atoms with Gasteiger partial charge in [-0.25, -0.2) is 0 Å². The van der Waals surface area contributed by atoms with Crippen LogP contribution < -0.4 is 5.73 Å². The van der Waals surface area contributed by atoms with Crippen molar-refractivity contribution in [3.63, 3.8) is 0 Å². The molecule has 0 aliphatic heterocycles. The molecule has 2 aliphatic rings. The standard InChI is InChI=1S/C44H37N/c1-6-29-36(23-24-45)42(28-20-22-33-31-14-10-12-18-38(31)44(4,5)40(33)26-28)35-16-8-7-15-34(35)41(29)27-19-21-32-30-13-9-11-17-37(30)43(2,3)39(32)25-27/h6-26H,1,45H2,2-5H3/b24-23-. The van der Waals surface area contributed by atoms with E-state index >= 15 is 0 Å². The average molecular weight is 580 g/mol. The van der Waals surface area contributed by atoms with Crippen LogP contribution in [0.5, 0.6) is 0 Å². The van der Waals surface area contributed by atoms with E-state index in [4.69, 9.17) is 5.73 Å². The van der Waals surface area contributed by atoms with Gasteiger partial charge in [-0.15, -0.1) is 0 Å². The molecule has 0 aromatic heterocycles. The molecule has 0 saturated carbocycles. The Balaban J connectivity index is 1.40. The Morgan fingerprint density at radius 2 is 0.933 bits per heavy atom. The van der Waals surface area contributed by atoms with Crippen LogP contribution in [-0.4, -0.2) is 0 Å². The van der Waals surface area contributed by atoms with Crippen LogP contribution in [0.25, 0.3) is 67.4 Å². The Morgan fingerprint density at radius 3 is 1.40 bits per heavy atom. The molecule has 0 heterocycles. The van der Waals surface area contributed by atoms with Gasteiger partial charge in [-0.05, 0) is 113 Å². The first-order valence-electron chi connectivity index (χ1n) is 15.9. The SMILES string of the molecule is C=Cc1c(/C=C\N)c(-c2ccc3c(c2)C(C)(C)c2ccccc2-3)c2ccccc2c1-c1ccc2c(c1)C(C)(C)c1ccccc1-2. The van der Waals surface area contributed by atoms with Crippen molar-refractivity contribution < 1.29 is 0 Å². The molecule has 45 heavy (non-hydrogen) atoms. The molecule has 1 heteroatoms. The van der Waals surface area contributed by atoms with E-state index in [-0.39, 0.29) is 10.8 Å². The van der Waals surface area contributed by atoms with Crippen LogP contribution in [0.1, 0.15) is 61.1 Å². The van der Waals surface area contributed by atoms with Gasteiger partial charge in [0.1, 0.15) is 0 Å². The van der Waals surface area contributed by atoms with Crippen molar-refractivity contribution in [1.29, 1.82) is 0 Å². The monoisotopic (exact) mass is 579 g/mol. The summed E-state index contributed by atoms with van der Waals surface area (Å²) in [6.07, 6.45) is 5.74. The highest BCUT2D eigenvalue weighted by atomic mass is 14.5. The highest BCUT2D eigenvalue weighted by Gasteiger charge is 2.37. The molecule has 0 atom stereocenters. The summed E-state index contributed by atoms with van der Waals surface area (Å²) in [5.74, 6) is 0. The lowest BCUT2D eigenvalue weighted by Gasteiger charge is -2.25. The van der Waals surface area contributed by atoms with Crippen LogP contribution in [0.4, 0.5) is 0 Å². The molecule has 218 valence electrons. The summed E-state index contributed by atoms with van der Waals surface area (Å²) in [7, 11) is 0. The Morgan fingerprint density at radius 1 is 0.511 bits per heavy atom. The van der Waals surface area contributed by atoms with Gasteiger partial charge in [0.15, 0.2) is 0 Å². The van der Waals surface area contributed by atoms with Gasteiger partial charge < -0.3 is 5.73 Å². The number of hydrogen-bond acceptors (Lipinski definition) is 1. The first-order chi connectivity index (χ1) is 21.8. The maximum atomic E-state index is 6.20. The third-order valence-corrected chi connectivity index (χ3v) is 10.5. The van der Waals surface area contributed by atoms with E-state index in [1.807, 2.05) is 6.08 Å². The summed E-state index contributed by atoms with van der Waals surface area (Å²) < 4.78 is 0. The summed E-state index contributed by atoms with van der Waals surface area (Å²) >= 11 is 0. The zero-order valence-corrected chi connectivity index (χ0v) is 26.4. The van der Waals surface area contributed by atoms with E-state index in [0.29, 0.717) is 0 Å². The second-order valence-corrected chi connectivity index (χ2v) is 13.5. The van der Waals surface area contributed by atoms with Gasteiger partial charge in [0.25, 0.3) is 0 Å². The highest BCUT2D eigenvalue weighted by molar-refractivity contribution is 6.12. The summed E-state index contributed by atoms with van der Waals surface area (Å²) in [6.45, 7) is 13.7. The van der Waals surface area contributed by atoms with Gasteiger partial charge in [0.05, 0.1) is 0 Å². The molecule has 0 unspecified atom stereocenters. The molecule has 2 N–H and O–H groups in total. The van der Waals surface area contributed by atoms with Gasteiger partial charge in [-0.2, -0.15) is 0 Å². The molecule has 0 radical (unpaired) electrons. The van der Waals surface area contributed by atoms with Crippen molar-refractivity contribution in [3.8, 4) is 44.5 Å². The average Bonchev–Trinajstić information content (AvgIpc) is 3.43. The molecule has 0 fully saturated rings. The number of rotatable bonds is 4. The molecule has 0 bridgehead atoms. The van der Waals surface area contributed by atoms with E-state index < -0.39 is 0 Å². The van der Waals surface area contributed by atoms with E-state index in [0.717, 1.165) is 11.1 Å². The summed E-state index contributed by atoms with van der Waals surface area (Å²) in [6, 6.07) is 40.5. The number of hydrogen-bond donors (Lipinski definition) is 1. The largest absolute Gasteiger partial charge is 0.405 e. The minimum absolute atomic E-state index is 0.0825. The third-order valence-electron chi connectivity index (χ3n) is 10.5. The van der Waals surface area contributed by atoms with E-state index in [9.17, 15) is 0 Å². The summed E-state index contributed by atoms with van der Waals surface area (Å²) in [5.41, 5.74) is 23.8. The van der Waals surface area contributed by atoms with Crippen molar-refractivity contribution in [2.75, 3.05) is 0 Å². The van der Waals surface area contributed by atoms with Crippen molar-refractivity contribution in [3.05, 3.63) is 155 Å². The minimum Gasteiger partial charge on any atom is -0.405 e. The fourth-order valence-corrected chi connectivity index (χ4v) is 8.30. The lowest BCUT2D eigenvalue weighted by atomic mass is 9.78. The Bertz CT molecular complexity index is 2240. The van der Waals surface area contributed by atoms with Crippen LogP contribution in [0.2, 0.25) is 0 Å². The maximum absolute atomic E-state index is 6.20. The number of benzene rings is 6. The Labute approximate surface area is 266 Å². The lowest BCUT2D eigenvalue weighted by Crippen LogP contribution is -2.15. The van der Waals surface area contributed by atoms with Crippen LogP contribution >= 0.6 is 0 Å². The van der Waals surface area contributed by atoms with E-state index in [2.05, 4.69) is 150 Å². The Kier molecular flexibility index (Phi) is 5.90. The summed E-state index contributed by atoms with van der Waals surface area (Å²) in [5, 5.41) is 2.43. The zero-order valence-electron chi connectivity index (χ0n) is 26.4. The van der Waals surface area contributed by atoms with Gasteiger partial charge in [-0.3, -0.25) is 0 Å². The highest BCUT2D eigenvalue weighted by Crippen LogP contribution is 2.53. The van der Waals surface area contributed by atoms with Crippen molar-refractivity contribution in [2.24, 2.45) is 5.73 Å². The molecule has 6 aromatic carbocycles. The predicted octanol–water partition coefficient (Wildman–Crippen LogP) is 11.4. The number of nitrogens with two attached hydrogens (primary N) is 1. The van der Waals surface area contributed by atoms with Gasteiger partial charge >= 0.3 is 0 Å². The van der Waals surface area contributed by atoms with Crippen LogP contribution in [0.15, 0.2) is 122 Å². The fraction of sp³-hybridized carbons (Fsp3) is 0.136.